The molecule has 3 nitrogen and oxygen atoms in total. The van der Waals surface area contributed by atoms with Gasteiger partial charge in [-0.2, -0.15) is 0 Å². The van der Waals surface area contributed by atoms with Crippen LogP contribution in [0.3, 0.4) is 0 Å². The van der Waals surface area contributed by atoms with E-state index in [0.29, 0.717) is 12.8 Å². The number of carbonyl (C=O) groups excluding carboxylic acids is 1. The zero-order valence-electron chi connectivity index (χ0n) is 12.6. The van der Waals surface area contributed by atoms with E-state index in [9.17, 15) is 13.6 Å². The Bertz CT molecular complexity index is 683. The molecule has 0 aromatic heterocycles. The van der Waals surface area contributed by atoms with Crippen LogP contribution < -0.4 is 10.2 Å². The molecule has 0 radical (unpaired) electrons. The van der Waals surface area contributed by atoms with E-state index >= 15 is 0 Å². The summed E-state index contributed by atoms with van der Waals surface area (Å²) >= 11 is 0. The second kappa shape index (κ2) is 6.77. The number of hydrogen-bond donors (Lipinski definition) is 1. The van der Waals surface area contributed by atoms with Crippen LogP contribution in [0.2, 0.25) is 0 Å². The molecule has 2 aromatic rings. The van der Waals surface area contributed by atoms with Gasteiger partial charge in [0.05, 0.1) is 5.69 Å². The molecule has 0 unspecified atom stereocenters. The van der Waals surface area contributed by atoms with Crippen LogP contribution in [-0.4, -0.2) is 19.0 Å². The van der Waals surface area contributed by atoms with Gasteiger partial charge in [0.1, 0.15) is 11.6 Å². The van der Waals surface area contributed by atoms with Crippen LogP contribution in [0.25, 0.3) is 0 Å². The van der Waals surface area contributed by atoms with Crippen molar-refractivity contribution in [3.8, 4) is 0 Å². The first kappa shape index (κ1) is 15.5. The summed E-state index contributed by atoms with van der Waals surface area (Å²) in [6, 6.07) is 13.2. The molecule has 1 aliphatic heterocycles. The van der Waals surface area contributed by atoms with Gasteiger partial charge in [0.15, 0.2) is 0 Å². The molecular weight excluding hydrogens is 298 g/mol. The molecule has 1 N–H and O–H groups in total. The molecule has 1 heterocycles. The van der Waals surface area contributed by atoms with Crippen molar-refractivity contribution in [1.29, 1.82) is 0 Å². The lowest BCUT2D eigenvalue weighted by Crippen LogP contribution is -2.38. The second-order valence-electron chi connectivity index (χ2n) is 5.71. The Morgan fingerprint density at radius 3 is 2.39 bits per heavy atom. The van der Waals surface area contributed by atoms with E-state index in [2.05, 4.69) is 10.2 Å². The highest BCUT2D eigenvalue weighted by molar-refractivity contribution is 5.92. The van der Waals surface area contributed by atoms with Gasteiger partial charge in [-0.05, 0) is 37.1 Å². The van der Waals surface area contributed by atoms with E-state index in [4.69, 9.17) is 0 Å². The Morgan fingerprint density at radius 1 is 1.04 bits per heavy atom. The first-order chi connectivity index (χ1) is 11.1. The Balaban J connectivity index is 1.58. The largest absolute Gasteiger partial charge is 0.371 e. The molecule has 1 saturated heterocycles. The number of nitrogens with one attached hydrogen (secondary N) is 1. The third-order valence-corrected chi connectivity index (χ3v) is 4.18. The van der Waals surface area contributed by atoms with Crippen LogP contribution in [0.15, 0.2) is 48.5 Å². The summed E-state index contributed by atoms with van der Waals surface area (Å²) in [6.07, 6.45) is 1.42. The molecule has 0 atom stereocenters. The number of carbonyl (C=O) groups is 1. The van der Waals surface area contributed by atoms with Crippen LogP contribution in [0.5, 0.6) is 0 Å². The number of rotatable bonds is 3. The third-order valence-electron chi connectivity index (χ3n) is 4.18. The Hall–Kier alpha value is -2.43. The topological polar surface area (TPSA) is 32.3 Å². The van der Waals surface area contributed by atoms with Gasteiger partial charge in [-0.1, -0.05) is 18.2 Å². The fourth-order valence-electron chi connectivity index (χ4n) is 2.86. The summed E-state index contributed by atoms with van der Waals surface area (Å²) in [5.74, 6) is -1.76. The number of anilines is 2. The molecule has 5 heteroatoms. The van der Waals surface area contributed by atoms with E-state index in [1.807, 2.05) is 30.3 Å². The molecule has 1 aliphatic rings. The second-order valence-corrected chi connectivity index (χ2v) is 5.71. The van der Waals surface area contributed by atoms with Gasteiger partial charge in [0.2, 0.25) is 5.91 Å². The summed E-state index contributed by atoms with van der Waals surface area (Å²) < 4.78 is 26.5. The Labute approximate surface area is 133 Å². The zero-order chi connectivity index (χ0) is 16.2. The van der Waals surface area contributed by atoms with Crippen LogP contribution in [0.4, 0.5) is 20.2 Å². The third kappa shape index (κ3) is 3.67. The molecule has 1 fully saturated rings. The zero-order valence-corrected chi connectivity index (χ0v) is 12.6. The minimum absolute atomic E-state index is 0.0295. The van der Waals surface area contributed by atoms with Crippen molar-refractivity contribution in [1.82, 2.24) is 0 Å². The summed E-state index contributed by atoms with van der Waals surface area (Å²) in [4.78, 5) is 14.5. The van der Waals surface area contributed by atoms with Gasteiger partial charge in [-0.3, -0.25) is 4.79 Å². The number of benzene rings is 2. The smallest absolute Gasteiger partial charge is 0.227 e. The number of amides is 1. The molecule has 0 spiro atoms. The van der Waals surface area contributed by atoms with Crippen LogP contribution in [0.1, 0.15) is 12.8 Å². The van der Waals surface area contributed by atoms with E-state index in [0.717, 1.165) is 30.9 Å². The Kier molecular flexibility index (Phi) is 4.55. The molecular formula is C18H18F2N2O. The first-order valence-corrected chi connectivity index (χ1v) is 7.69. The lowest BCUT2D eigenvalue weighted by atomic mass is 9.95. The SMILES string of the molecule is O=C(Nc1ccc(F)cc1F)C1CCN(c2ccccc2)CC1. The lowest BCUT2D eigenvalue weighted by molar-refractivity contribution is -0.120. The summed E-state index contributed by atoms with van der Waals surface area (Å²) in [5.41, 5.74) is 1.18. The molecule has 0 saturated carbocycles. The minimum Gasteiger partial charge on any atom is -0.371 e. The van der Waals surface area contributed by atoms with Gasteiger partial charge in [-0.25, -0.2) is 8.78 Å². The average Bonchev–Trinajstić information content (AvgIpc) is 2.58. The quantitative estimate of drug-likeness (QED) is 0.933. The van der Waals surface area contributed by atoms with Gasteiger partial charge < -0.3 is 10.2 Å². The average molecular weight is 316 g/mol. The summed E-state index contributed by atoms with van der Waals surface area (Å²) in [6.45, 7) is 1.57. The van der Waals surface area contributed by atoms with E-state index in [1.54, 1.807) is 0 Å². The fraction of sp³-hybridized carbons (Fsp3) is 0.278. The van der Waals surface area contributed by atoms with Crippen LogP contribution in [-0.2, 0) is 4.79 Å². The van der Waals surface area contributed by atoms with Crippen molar-refractivity contribution >= 4 is 17.3 Å². The maximum atomic E-state index is 13.6. The highest BCUT2D eigenvalue weighted by Gasteiger charge is 2.25. The highest BCUT2D eigenvalue weighted by atomic mass is 19.1. The molecule has 3 rings (SSSR count). The molecule has 0 bridgehead atoms. The number of para-hydroxylation sites is 1. The highest BCUT2D eigenvalue weighted by Crippen LogP contribution is 2.24. The maximum absolute atomic E-state index is 13.6. The van der Waals surface area contributed by atoms with Crippen molar-refractivity contribution in [3.05, 3.63) is 60.2 Å². The predicted octanol–water partition coefficient (Wildman–Crippen LogP) is 3.82. The van der Waals surface area contributed by atoms with Crippen LogP contribution in [0, 0.1) is 17.6 Å². The lowest BCUT2D eigenvalue weighted by Gasteiger charge is -2.33. The summed E-state index contributed by atoms with van der Waals surface area (Å²) in [5, 5.41) is 2.56. The van der Waals surface area contributed by atoms with Gasteiger partial charge in [-0.15, -0.1) is 0 Å². The standard InChI is InChI=1S/C18H18F2N2O/c19-14-6-7-17(16(20)12-14)21-18(23)13-8-10-22(11-9-13)15-4-2-1-3-5-15/h1-7,12-13H,8-11H2,(H,21,23). The molecule has 0 aliphatic carbocycles. The number of nitrogens with zero attached hydrogens (tertiary/aromatic N) is 1. The monoisotopic (exact) mass is 316 g/mol. The number of halogens is 2. The maximum Gasteiger partial charge on any atom is 0.227 e. The Morgan fingerprint density at radius 2 is 1.74 bits per heavy atom. The number of hydrogen-bond acceptors (Lipinski definition) is 2. The molecule has 120 valence electrons. The normalized spacial score (nSPS) is 15.5. The minimum atomic E-state index is -0.750. The number of piperidine rings is 1. The van der Waals surface area contributed by atoms with E-state index < -0.39 is 11.6 Å². The van der Waals surface area contributed by atoms with Crippen LogP contribution >= 0.6 is 0 Å². The van der Waals surface area contributed by atoms with Crippen molar-refractivity contribution in [3.63, 3.8) is 0 Å². The summed E-state index contributed by atoms with van der Waals surface area (Å²) in [7, 11) is 0. The molecule has 1 amide bonds. The van der Waals surface area contributed by atoms with Crippen molar-refractivity contribution in [2.75, 3.05) is 23.3 Å². The van der Waals surface area contributed by atoms with E-state index in [-0.39, 0.29) is 17.5 Å². The fourth-order valence-corrected chi connectivity index (χ4v) is 2.86. The predicted molar refractivity (Wildman–Crippen MR) is 86.4 cm³/mol. The van der Waals surface area contributed by atoms with Gasteiger partial charge in [0.25, 0.3) is 0 Å². The van der Waals surface area contributed by atoms with Crippen molar-refractivity contribution in [2.45, 2.75) is 12.8 Å². The van der Waals surface area contributed by atoms with E-state index in [1.165, 1.54) is 6.07 Å². The van der Waals surface area contributed by atoms with Gasteiger partial charge >= 0.3 is 0 Å². The molecule has 23 heavy (non-hydrogen) atoms. The van der Waals surface area contributed by atoms with Crippen molar-refractivity contribution in [2.24, 2.45) is 5.92 Å². The van der Waals surface area contributed by atoms with Gasteiger partial charge in [0, 0.05) is 30.8 Å². The molecule has 2 aromatic carbocycles. The first-order valence-electron chi connectivity index (χ1n) is 7.69. The van der Waals surface area contributed by atoms with Crippen molar-refractivity contribution < 1.29 is 13.6 Å².